The maximum Gasteiger partial charge on any atom is 0.130 e. The lowest BCUT2D eigenvalue weighted by molar-refractivity contribution is -0.116. The fraction of sp³-hybridized carbons (Fsp3) is 0.643. The van der Waals surface area contributed by atoms with Crippen LogP contribution in [0.2, 0.25) is 0 Å². The van der Waals surface area contributed by atoms with E-state index in [1.165, 1.54) is 25.7 Å². The van der Waals surface area contributed by atoms with Gasteiger partial charge in [0.1, 0.15) is 5.78 Å². The quantitative estimate of drug-likeness (QED) is 0.456. The van der Waals surface area contributed by atoms with Crippen LogP contribution in [0.1, 0.15) is 58.8 Å². The van der Waals surface area contributed by atoms with Gasteiger partial charge in [-0.3, -0.25) is 0 Å². The first-order chi connectivity index (χ1) is 7.27. The Labute approximate surface area is 94.0 Å². The van der Waals surface area contributed by atoms with Crippen LogP contribution in [0, 0.1) is 11.8 Å². The molecule has 0 aliphatic rings. The number of hydrogen-bond acceptors (Lipinski definition) is 1. The molecule has 0 N–H and O–H groups in total. The molecular formula is C14H22O. The predicted molar refractivity (Wildman–Crippen MR) is 65.6 cm³/mol. The lowest BCUT2D eigenvalue weighted by Crippen LogP contribution is -1.85. The van der Waals surface area contributed by atoms with Gasteiger partial charge in [0.15, 0.2) is 0 Å². The molecule has 0 aliphatic heterocycles. The minimum atomic E-state index is 0.243. The van der Waals surface area contributed by atoms with Crippen molar-refractivity contribution in [2.45, 2.75) is 58.8 Å². The maximum absolute atomic E-state index is 10.6. The second kappa shape index (κ2) is 11.0. The van der Waals surface area contributed by atoms with Gasteiger partial charge >= 0.3 is 0 Å². The number of ketones is 1. The standard InChI is InChI=1S/C14H22O/c1-3-4-5-6-7-8-9-10-11-12-13-14(2)15/h10-11H,3-7,12-13H2,1-2H3/b11-10+. The van der Waals surface area contributed by atoms with E-state index in [9.17, 15) is 4.79 Å². The average Bonchev–Trinajstić information content (AvgIpc) is 2.20. The minimum Gasteiger partial charge on any atom is -0.300 e. The van der Waals surface area contributed by atoms with E-state index < -0.39 is 0 Å². The lowest BCUT2D eigenvalue weighted by atomic mass is 10.1. The summed E-state index contributed by atoms with van der Waals surface area (Å²) < 4.78 is 0. The summed E-state index contributed by atoms with van der Waals surface area (Å²) in [5.74, 6) is 6.35. The van der Waals surface area contributed by atoms with E-state index in [-0.39, 0.29) is 5.78 Å². The molecule has 0 fully saturated rings. The van der Waals surface area contributed by atoms with Crippen molar-refractivity contribution in [1.29, 1.82) is 0 Å². The number of Topliss-reactive ketones (excluding diaryl/α,β-unsaturated/α-hetero) is 1. The fourth-order valence-corrected chi connectivity index (χ4v) is 1.20. The third-order valence-electron chi connectivity index (χ3n) is 2.12. The Hall–Kier alpha value is -1.03. The van der Waals surface area contributed by atoms with Gasteiger partial charge in [-0.2, -0.15) is 0 Å². The molecule has 0 spiro atoms. The first kappa shape index (κ1) is 14.0. The Morgan fingerprint density at radius 2 is 2.07 bits per heavy atom. The number of allylic oxidation sites excluding steroid dienone is 2. The number of unbranched alkanes of at least 4 members (excludes halogenated alkanes) is 4. The van der Waals surface area contributed by atoms with Crippen molar-refractivity contribution in [2.75, 3.05) is 0 Å². The molecule has 0 saturated heterocycles. The smallest absolute Gasteiger partial charge is 0.130 e. The molecule has 0 radical (unpaired) electrons. The van der Waals surface area contributed by atoms with Gasteiger partial charge in [-0.05, 0) is 25.8 Å². The van der Waals surface area contributed by atoms with Gasteiger partial charge in [0, 0.05) is 12.8 Å². The van der Waals surface area contributed by atoms with Crippen molar-refractivity contribution in [3.63, 3.8) is 0 Å². The third-order valence-corrected chi connectivity index (χ3v) is 2.12. The first-order valence-electron chi connectivity index (χ1n) is 5.90. The van der Waals surface area contributed by atoms with Gasteiger partial charge in [-0.1, -0.05) is 44.1 Å². The molecule has 0 aliphatic carbocycles. The Kier molecular flexibility index (Phi) is 10.3. The molecule has 1 heteroatoms. The van der Waals surface area contributed by atoms with Gasteiger partial charge in [0.05, 0.1) is 0 Å². The second-order valence-corrected chi connectivity index (χ2v) is 3.77. The van der Waals surface area contributed by atoms with Crippen molar-refractivity contribution < 1.29 is 4.79 Å². The Morgan fingerprint density at radius 3 is 2.73 bits per heavy atom. The molecule has 0 saturated carbocycles. The van der Waals surface area contributed by atoms with Crippen LogP contribution in [0.15, 0.2) is 12.2 Å². The molecule has 1 nitrogen and oxygen atoms in total. The average molecular weight is 206 g/mol. The van der Waals surface area contributed by atoms with Crippen LogP contribution in [0.3, 0.4) is 0 Å². The Morgan fingerprint density at radius 1 is 1.27 bits per heavy atom. The van der Waals surface area contributed by atoms with Gasteiger partial charge in [-0.15, -0.1) is 0 Å². The van der Waals surface area contributed by atoms with Crippen LogP contribution < -0.4 is 0 Å². The highest BCUT2D eigenvalue weighted by Crippen LogP contribution is 2.00. The number of hydrogen-bond donors (Lipinski definition) is 0. The van der Waals surface area contributed by atoms with E-state index >= 15 is 0 Å². The van der Waals surface area contributed by atoms with E-state index in [1.807, 2.05) is 12.2 Å². The summed E-state index contributed by atoms with van der Waals surface area (Å²) >= 11 is 0. The second-order valence-electron chi connectivity index (χ2n) is 3.77. The summed E-state index contributed by atoms with van der Waals surface area (Å²) in [6.07, 6.45) is 11.4. The number of rotatable bonds is 7. The highest BCUT2D eigenvalue weighted by molar-refractivity contribution is 5.75. The summed E-state index contributed by atoms with van der Waals surface area (Å²) in [5.41, 5.74) is 0. The molecule has 0 aromatic heterocycles. The van der Waals surface area contributed by atoms with E-state index in [1.54, 1.807) is 6.92 Å². The largest absolute Gasteiger partial charge is 0.300 e. The van der Waals surface area contributed by atoms with Crippen LogP contribution in [0.5, 0.6) is 0 Å². The summed E-state index contributed by atoms with van der Waals surface area (Å²) in [6, 6.07) is 0. The summed E-state index contributed by atoms with van der Waals surface area (Å²) in [6.45, 7) is 3.83. The van der Waals surface area contributed by atoms with Crippen molar-refractivity contribution in [3.8, 4) is 11.8 Å². The molecule has 0 amide bonds. The Balaban J connectivity index is 3.33. The topological polar surface area (TPSA) is 17.1 Å². The van der Waals surface area contributed by atoms with Crippen molar-refractivity contribution in [3.05, 3.63) is 12.2 Å². The molecule has 0 bridgehead atoms. The SMILES string of the molecule is CCCCCCC#C/C=C/CCC(C)=O. The summed E-state index contributed by atoms with van der Waals surface area (Å²) in [4.78, 5) is 10.6. The monoisotopic (exact) mass is 206 g/mol. The lowest BCUT2D eigenvalue weighted by Gasteiger charge is -1.91. The zero-order valence-electron chi connectivity index (χ0n) is 10.0. The van der Waals surface area contributed by atoms with E-state index in [2.05, 4.69) is 18.8 Å². The minimum absolute atomic E-state index is 0.243. The summed E-state index contributed by atoms with van der Waals surface area (Å²) in [5, 5.41) is 0. The van der Waals surface area contributed by atoms with Crippen molar-refractivity contribution >= 4 is 5.78 Å². The van der Waals surface area contributed by atoms with Crippen LogP contribution in [0.4, 0.5) is 0 Å². The van der Waals surface area contributed by atoms with Crippen molar-refractivity contribution in [2.24, 2.45) is 0 Å². The first-order valence-corrected chi connectivity index (χ1v) is 5.90. The van der Waals surface area contributed by atoms with Crippen LogP contribution >= 0.6 is 0 Å². The van der Waals surface area contributed by atoms with Crippen LogP contribution in [-0.2, 0) is 4.79 Å². The Bertz CT molecular complexity index is 240. The number of carbonyl (C=O) groups is 1. The van der Waals surface area contributed by atoms with Crippen LogP contribution in [0.25, 0.3) is 0 Å². The molecule has 0 aromatic carbocycles. The molecule has 0 unspecified atom stereocenters. The third kappa shape index (κ3) is 13.0. The zero-order valence-corrected chi connectivity index (χ0v) is 10.0. The molecule has 0 rings (SSSR count). The van der Waals surface area contributed by atoms with E-state index in [4.69, 9.17) is 0 Å². The van der Waals surface area contributed by atoms with Gasteiger partial charge in [-0.25, -0.2) is 0 Å². The van der Waals surface area contributed by atoms with E-state index in [0.717, 1.165) is 12.8 Å². The van der Waals surface area contributed by atoms with Gasteiger partial charge < -0.3 is 4.79 Å². The van der Waals surface area contributed by atoms with Crippen LogP contribution in [-0.4, -0.2) is 5.78 Å². The maximum atomic E-state index is 10.6. The predicted octanol–water partition coefficient (Wildman–Crippen LogP) is 3.89. The van der Waals surface area contributed by atoms with E-state index in [0.29, 0.717) is 6.42 Å². The van der Waals surface area contributed by atoms with Crippen molar-refractivity contribution in [1.82, 2.24) is 0 Å². The molecular weight excluding hydrogens is 184 g/mol. The fourth-order valence-electron chi connectivity index (χ4n) is 1.20. The molecule has 0 atom stereocenters. The zero-order chi connectivity index (χ0) is 11.4. The normalized spacial score (nSPS) is 10.0. The molecule has 0 heterocycles. The highest BCUT2D eigenvalue weighted by Gasteiger charge is 1.87. The molecule has 84 valence electrons. The molecule has 0 aromatic rings. The number of carbonyl (C=O) groups excluding carboxylic acids is 1. The summed E-state index contributed by atoms with van der Waals surface area (Å²) in [7, 11) is 0. The van der Waals surface area contributed by atoms with Gasteiger partial charge in [0.25, 0.3) is 0 Å². The highest BCUT2D eigenvalue weighted by atomic mass is 16.1. The van der Waals surface area contributed by atoms with Gasteiger partial charge in [0.2, 0.25) is 0 Å². The molecule has 15 heavy (non-hydrogen) atoms.